The summed E-state index contributed by atoms with van der Waals surface area (Å²) in [6, 6.07) is 2.03. The normalized spacial score (nSPS) is 13.7. The molecule has 0 saturated heterocycles. The number of halogens is 1. The van der Waals surface area contributed by atoms with Crippen LogP contribution in [0.15, 0.2) is 36.0 Å². The molecule has 0 unspecified atom stereocenters. The van der Waals surface area contributed by atoms with Gasteiger partial charge >= 0.3 is 0 Å². The molecule has 0 saturated carbocycles. The molecule has 0 bridgehead atoms. The fourth-order valence-corrected chi connectivity index (χ4v) is 0.641. The summed E-state index contributed by atoms with van der Waals surface area (Å²) in [7, 11) is 0. The van der Waals surface area contributed by atoms with E-state index in [9.17, 15) is 0 Å². The van der Waals surface area contributed by atoms with E-state index in [-0.39, 0.29) is 43.5 Å². The molecule has 0 spiro atoms. The summed E-state index contributed by atoms with van der Waals surface area (Å²) in [5, 5.41) is 8.38. The first-order valence-electron chi connectivity index (χ1n) is 2.65. The molecule has 53 valence electrons. The van der Waals surface area contributed by atoms with Crippen molar-refractivity contribution in [3.63, 3.8) is 0 Å². The second kappa shape index (κ2) is 6.75. The van der Waals surface area contributed by atoms with Crippen molar-refractivity contribution in [2.45, 2.75) is 0 Å². The summed E-state index contributed by atoms with van der Waals surface area (Å²) in [6.07, 6.45) is 7.19. The van der Waals surface area contributed by atoms with E-state index in [1.165, 1.54) is 0 Å². The summed E-state index contributed by atoms with van der Waals surface area (Å²) in [6.45, 7) is 3.68. The Morgan fingerprint density at radius 1 is 1.45 bits per heavy atom. The Morgan fingerprint density at radius 2 is 2.09 bits per heavy atom. The van der Waals surface area contributed by atoms with Crippen molar-refractivity contribution in [2.24, 2.45) is 0 Å². The molecule has 0 aromatic heterocycles. The molecule has 1 aliphatic carbocycles. The van der Waals surface area contributed by atoms with Crippen molar-refractivity contribution >= 4 is 0 Å². The smallest absolute Gasteiger partial charge is 0.0953 e. The van der Waals surface area contributed by atoms with Crippen molar-refractivity contribution in [3.8, 4) is 6.07 Å². The summed E-state index contributed by atoms with van der Waals surface area (Å²) < 4.78 is 0. The molecule has 0 aromatic carbocycles. The molecule has 0 atom stereocenters. The van der Waals surface area contributed by atoms with Crippen molar-refractivity contribution in [1.82, 2.24) is 0 Å². The topological polar surface area (TPSA) is 23.8 Å². The molecule has 1 aliphatic rings. The van der Waals surface area contributed by atoms with Gasteiger partial charge in [0.2, 0.25) is 0 Å². The van der Waals surface area contributed by atoms with Gasteiger partial charge in [-0.1, -0.05) is 18.7 Å². The monoisotopic (exact) mass is 307 g/mol. The average Bonchev–Trinajstić information content (AvgIpc) is 1.88. The van der Waals surface area contributed by atoms with E-state index in [4.69, 9.17) is 5.26 Å². The molecular formula is C8H6INZn-. The van der Waals surface area contributed by atoms with E-state index in [1.54, 1.807) is 12.5 Å². The van der Waals surface area contributed by atoms with Gasteiger partial charge in [-0.15, -0.1) is 0 Å². The van der Waals surface area contributed by atoms with Crippen LogP contribution in [0.4, 0.5) is 0 Å². The first-order valence-corrected chi connectivity index (χ1v) is 2.65. The maximum Gasteiger partial charge on any atom is 0.0953 e. The molecule has 1 nitrogen and oxygen atoms in total. The second-order valence-corrected chi connectivity index (χ2v) is 1.81. The number of nitriles is 1. The van der Waals surface area contributed by atoms with Crippen molar-refractivity contribution in [1.29, 1.82) is 5.26 Å². The molecule has 0 aromatic rings. The minimum Gasteiger partial charge on any atom is -1.00 e. The average molecular weight is 308 g/mol. The van der Waals surface area contributed by atoms with Gasteiger partial charge in [-0.25, -0.2) is 0 Å². The van der Waals surface area contributed by atoms with Crippen LogP contribution >= 0.6 is 0 Å². The summed E-state index contributed by atoms with van der Waals surface area (Å²) in [5.74, 6) is 0. The van der Waals surface area contributed by atoms with Gasteiger partial charge in [-0.2, -0.15) is 5.26 Å². The molecule has 0 fully saturated rings. The van der Waals surface area contributed by atoms with Gasteiger partial charge in [0, 0.05) is 31.5 Å². The molecule has 3 heteroatoms. The first-order chi connectivity index (χ1) is 4.33. The maximum absolute atomic E-state index is 8.38. The van der Waals surface area contributed by atoms with E-state index in [0.29, 0.717) is 5.57 Å². The number of hydrogen-bond acceptors (Lipinski definition) is 1. The van der Waals surface area contributed by atoms with Crippen LogP contribution in [0.3, 0.4) is 0 Å². The number of nitrogens with zero attached hydrogens (tertiary/aromatic N) is 1. The van der Waals surface area contributed by atoms with Crippen LogP contribution in [0.2, 0.25) is 0 Å². The molecule has 0 N–H and O–H groups in total. The molecule has 11 heavy (non-hydrogen) atoms. The zero-order valence-corrected chi connectivity index (χ0v) is 11.2. The van der Waals surface area contributed by atoms with Gasteiger partial charge in [0.05, 0.1) is 6.07 Å². The quantitative estimate of drug-likeness (QED) is 0.406. The Hall–Kier alpha value is 0.0634. The van der Waals surface area contributed by atoms with Gasteiger partial charge in [0.25, 0.3) is 0 Å². The summed E-state index contributed by atoms with van der Waals surface area (Å²) in [4.78, 5) is 0. The number of rotatable bonds is 0. The third-order valence-corrected chi connectivity index (χ3v) is 1.06. The van der Waals surface area contributed by atoms with Crippen molar-refractivity contribution < 1.29 is 43.5 Å². The Labute approximate surface area is 96.6 Å². The van der Waals surface area contributed by atoms with E-state index < -0.39 is 0 Å². The van der Waals surface area contributed by atoms with Gasteiger partial charge in [-0.3, -0.25) is 0 Å². The summed E-state index contributed by atoms with van der Waals surface area (Å²) in [5.41, 5.74) is 1.55. The van der Waals surface area contributed by atoms with Crippen LogP contribution in [-0.4, -0.2) is 0 Å². The van der Waals surface area contributed by atoms with Crippen LogP contribution in [0.1, 0.15) is 0 Å². The second-order valence-electron chi connectivity index (χ2n) is 1.81. The Balaban J connectivity index is 0. The van der Waals surface area contributed by atoms with E-state index in [1.807, 2.05) is 18.2 Å². The third-order valence-electron chi connectivity index (χ3n) is 1.06. The number of allylic oxidation sites excluding steroid dienone is 5. The fourth-order valence-electron chi connectivity index (χ4n) is 0.641. The Bertz CT molecular complexity index is 235. The van der Waals surface area contributed by atoms with Gasteiger partial charge < -0.3 is 24.0 Å². The van der Waals surface area contributed by atoms with Gasteiger partial charge in [-0.05, 0) is 11.6 Å². The SMILES string of the molecule is C=C1[CH]C(C#N)=CC=C1.[I-].[Zn]. The summed E-state index contributed by atoms with van der Waals surface area (Å²) >= 11 is 0. The minimum absolute atomic E-state index is 0. The van der Waals surface area contributed by atoms with Crippen LogP contribution in [-0.2, 0) is 19.5 Å². The Kier molecular flexibility index (Phi) is 8.37. The first kappa shape index (κ1) is 13.6. The van der Waals surface area contributed by atoms with Crippen molar-refractivity contribution in [3.05, 3.63) is 42.4 Å². The molecule has 0 aliphatic heterocycles. The largest absolute Gasteiger partial charge is 1.00 e. The molecular weight excluding hydrogens is 302 g/mol. The molecule has 0 heterocycles. The van der Waals surface area contributed by atoms with Gasteiger partial charge in [0.15, 0.2) is 0 Å². The molecule has 1 rings (SSSR count). The molecule has 1 radical (unpaired) electrons. The predicted molar refractivity (Wildman–Crippen MR) is 36.3 cm³/mol. The maximum atomic E-state index is 8.38. The van der Waals surface area contributed by atoms with E-state index >= 15 is 0 Å². The standard InChI is InChI=1S/C8H6N.HI.Zn/c1-7-3-2-4-8(5-7)6-9;;/h2-5H,1H2;1H;/p-1. The minimum atomic E-state index is 0. The van der Waals surface area contributed by atoms with Crippen LogP contribution < -0.4 is 24.0 Å². The van der Waals surface area contributed by atoms with E-state index in [2.05, 4.69) is 6.58 Å². The van der Waals surface area contributed by atoms with Gasteiger partial charge in [0.1, 0.15) is 0 Å². The third kappa shape index (κ3) is 4.50. The van der Waals surface area contributed by atoms with Crippen molar-refractivity contribution in [2.75, 3.05) is 0 Å². The van der Waals surface area contributed by atoms with E-state index in [0.717, 1.165) is 5.57 Å². The zero-order chi connectivity index (χ0) is 6.69. The van der Waals surface area contributed by atoms with Crippen LogP contribution in [0, 0.1) is 17.8 Å². The predicted octanol–water partition coefficient (Wildman–Crippen LogP) is -1.23. The fraction of sp³-hybridized carbons (Fsp3) is 0. The van der Waals surface area contributed by atoms with Crippen LogP contribution in [0.5, 0.6) is 0 Å². The Morgan fingerprint density at radius 3 is 2.45 bits per heavy atom. The van der Waals surface area contributed by atoms with Crippen LogP contribution in [0.25, 0.3) is 0 Å². The molecule has 0 amide bonds. The number of hydrogen-bond donors (Lipinski definition) is 0. The zero-order valence-electron chi connectivity index (χ0n) is 6.05.